The van der Waals surface area contributed by atoms with Crippen molar-refractivity contribution < 1.29 is 14.7 Å². The molecule has 2 N–H and O–H groups in total. The smallest absolute Gasteiger partial charge is 0.307 e. The second-order valence-corrected chi connectivity index (χ2v) is 5.41. The number of hydrogen-bond acceptors (Lipinski definition) is 2. The van der Waals surface area contributed by atoms with Crippen LogP contribution < -0.4 is 5.32 Å². The molecule has 0 radical (unpaired) electrons. The van der Waals surface area contributed by atoms with Crippen LogP contribution >= 0.6 is 15.9 Å². The molecule has 0 spiro atoms. The minimum atomic E-state index is -0.918. The molecule has 1 aromatic rings. The predicted molar refractivity (Wildman–Crippen MR) is 75.8 cm³/mol. The lowest BCUT2D eigenvalue weighted by atomic mass is 9.82. The predicted octanol–water partition coefficient (Wildman–Crippen LogP) is 3.05. The van der Waals surface area contributed by atoms with E-state index < -0.39 is 17.8 Å². The maximum absolute atomic E-state index is 12.2. The molecule has 0 saturated heterocycles. The molecule has 1 amide bonds. The zero-order valence-corrected chi connectivity index (χ0v) is 11.8. The highest BCUT2D eigenvalue weighted by Gasteiger charge is 2.33. The number of halogens is 1. The Labute approximate surface area is 119 Å². The molecule has 0 aromatic heterocycles. The van der Waals surface area contributed by atoms with Crippen LogP contribution in [0.4, 0.5) is 5.69 Å². The fraction of sp³-hybridized carbons (Fsp3) is 0.286. The van der Waals surface area contributed by atoms with Crippen LogP contribution in [-0.2, 0) is 9.59 Å². The summed E-state index contributed by atoms with van der Waals surface area (Å²) in [5.41, 5.74) is 0.665. The first-order valence-corrected chi connectivity index (χ1v) is 6.81. The highest BCUT2D eigenvalue weighted by Crippen LogP contribution is 2.27. The van der Waals surface area contributed by atoms with Crippen LogP contribution in [0.25, 0.3) is 0 Å². The summed E-state index contributed by atoms with van der Waals surface area (Å²) in [6.45, 7) is 0. The number of allylic oxidation sites excluding steroid dienone is 2. The Morgan fingerprint density at radius 3 is 2.53 bits per heavy atom. The maximum atomic E-state index is 12.2. The number of carboxylic acids is 1. The molecule has 4 nitrogen and oxygen atoms in total. The molecule has 0 saturated carbocycles. The van der Waals surface area contributed by atoms with Crippen molar-refractivity contribution in [1.29, 1.82) is 0 Å². The molecule has 0 unspecified atom stereocenters. The van der Waals surface area contributed by atoms with Gasteiger partial charge in [0, 0.05) is 10.2 Å². The molecule has 0 fully saturated rings. The summed E-state index contributed by atoms with van der Waals surface area (Å²) in [7, 11) is 0. The van der Waals surface area contributed by atoms with E-state index in [1.807, 2.05) is 24.3 Å². The normalized spacial score (nSPS) is 21.9. The van der Waals surface area contributed by atoms with Gasteiger partial charge in [-0.2, -0.15) is 0 Å². The van der Waals surface area contributed by atoms with Crippen LogP contribution in [0.2, 0.25) is 0 Å². The average molecular weight is 324 g/mol. The molecule has 100 valence electrons. The number of aliphatic carboxylic acids is 1. The third kappa shape index (κ3) is 3.44. The minimum absolute atomic E-state index is 0.241. The fourth-order valence-electron chi connectivity index (χ4n) is 2.18. The van der Waals surface area contributed by atoms with Crippen molar-refractivity contribution in [3.63, 3.8) is 0 Å². The third-order valence-corrected chi connectivity index (χ3v) is 3.67. The zero-order chi connectivity index (χ0) is 13.8. The van der Waals surface area contributed by atoms with Crippen LogP contribution in [0.3, 0.4) is 0 Å². The number of anilines is 1. The van der Waals surface area contributed by atoms with Crippen molar-refractivity contribution in [1.82, 2.24) is 0 Å². The SMILES string of the molecule is O=C(Nc1cccc(Br)c1)[C@H]1CC=CC[C@H]1C(=O)O. The molecular formula is C14H14BrNO3. The minimum Gasteiger partial charge on any atom is -0.481 e. The number of carbonyl (C=O) groups is 2. The molecule has 19 heavy (non-hydrogen) atoms. The van der Waals surface area contributed by atoms with E-state index in [1.165, 1.54) is 0 Å². The maximum Gasteiger partial charge on any atom is 0.307 e. The van der Waals surface area contributed by atoms with Gasteiger partial charge in [-0.3, -0.25) is 9.59 Å². The Kier molecular flexibility index (Phi) is 4.37. The second kappa shape index (κ2) is 6.02. The van der Waals surface area contributed by atoms with Crippen molar-refractivity contribution in [2.24, 2.45) is 11.8 Å². The van der Waals surface area contributed by atoms with E-state index in [0.29, 0.717) is 18.5 Å². The molecule has 5 heteroatoms. The van der Waals surface area contributed by atoms with Gasteiger partial charge in [-0.25, -0.2) is 0 Å². The van der Waals surface area contributed by atoms with E-state index in [4.69, 9.17) is 5.11 Å². The first-order valence-electron chi connectivity index (χ1n) is 6.02. The lowest BCUT2D eigenvalue weighted by Crippen LogP contribution is -2.34. The molecule has 1 aliphatic rings. The molecule has 0 aliphatic heterocycles. The van der Waals surface area contributed by atoms with E-state index in [0.717, 1.165) is 4.47 Å². The molecule has 1 aliphatic carbocycles. The first-order chi connectivity index (χ1) is 9.08. The van der Waals surface area contributed by atoms with Gasteiger partial charge in [0.05, 0.1) is 11.8 Å². The molecular weight excluding hydrogens is 310 g/mol. The highest BCUT2D eigenvalue weighted by molar-refractivity contribution is 9.10. The van der Waals surface area contributed by atoms with Crippen LogP contribution in [0.5, 0.6) is 0 Å². The standard InChI is InChI=1S/C14H14BrNO3/c15-9-4-3-5-10(8-9)16-13(17)11-6-1-2-7-12(11)14(18)19/h1-5,8,11-12H,6-7H2,(H,16,17)(H,18,19)/t11-,12+/m0/s1. The third-order valence-electron chi connectivity index (χ3n) is 3.18. The van der Waals surface area contributed by atoms with Crippen molar-refractivity contribution in [2.75, 3.05) is 5.32 Å². The van der Waals surface area contributed by atoms with E-state index in [1.54, 1.807) is 12.1 Å². The first kappa shape index (κ1) is 13.8. The summed E-state index contributed by atoms with van der Waals surface area (Å²) >= 11 is 3.33. The zero-order valence-electron chi connectivity index (χ0n) is 10.2. The highest BCUT2D eigenvalue weighted by atomic mass is 79.9. The number of carbonyl (C=O) groups excluding carboxylic acids is 1. The van der Waals surface area contributed by atoms with Crippen LogP contribution in [0, 0.1) is 11.8 Å². The van der Waals surface area contributed by atoms with Gasteiger partial charge >= 0.3 is 5.97 Å². The molecule has 2 rings (SSSR count). The van der Waals surface area contributed by atoms with Gasteiger partial charge in [-0.1, -0.05) is 34.1 Å². The fourth-order valence-corrected chi connectivity index (χ4v) is 2.58. The summed E-state index contributed by atoms with van der Waals surface area (Å²) in [4.78, 5) is 23.3. The van der Waals surface area contributed by atoms with Gasteiger partial charge in [0.1, 0.15) is 0 Å². The number of nitrogens with one attached hydrogen (secondary N) is 1. The monoisotopic (exact) mass is 323 g/mol. The molecule has 2 atom stereocenters. The van der Waals surface area contributed by atoms with E-state index in [-0.39, 0.29) is 5.91 Å². The van der Waals surface area contributed by atoms with Gasteiger partial charge in [-0.15, -0.1) is 0 Å². The summed E-state index contributed by atoms with van der Waals surface area (Å²) in [6, 6.07) is 7.23. The summed E-state index contributed by atoms with van der Waals surface area (Å²) in [5, 5.41) is 11.9. The summed E-state index contributed by atoms with van der Waals surface area (Å²) in [6.07, 6.45) is 4.56. The van der Waals surface area contributed by atoms with Crippen LogP contribution in [0.1, 0.15) is 12.8 Å². The Bertz CT molecular complexity index is 527. The van der Waals surface area contributed by atoms with Crippen LogP contribution in [0.15, 0.2) is 40.9 Å². The van der Waals surface area contributed by atoms with E-state index in [2.05, 4.69) is 21.2 Å². The van der Waals surface area contributed by atoms with Gasteiger partial charge in [0.25, 0.3) is 0 Å². The Hall–Kier alpha value is -1.62. The van der Waals surface area contributed by atoms with Gasteiger partial charge < -0.3 is 10.4 Å². The molecule has 0 bridgehead atoms. The number of amides is 1. The Morgan fingerprint density at radius 1 is 1.21 bits per heavy atom. The lowest BCUT2D eigenvalue weighted by Gasteiger charge is -2.24. The Balaban J connectivity index is 2.10. The summed E-state index contributed by atoms with van der Waals surface area (Å²) < 4.78 is 0.864. The number of hydrogen-bond donors (Lipinski definition) is 2. The second-order valence-electron chi connectivity index (χ2n) is 4.49. The van der Waals surface area contributed by atoms with Crippen molar-refractivity contribution in [2.45, 2.75) is 12.8 Å². The van der Waals surface area contributed by atoms with Crippen molar-refractivity contribution >= 4 is 33.5 Å². The van der Waals surface area contributed by atoms with Gasteiger partial charge in [-0.05, 0) is 31.0 Å². The molecule has 1 aromatic carbocycles. The number of rotatable bonds is 3. The quantitative estimate of drug-likeness (QED) is 0.840. The molecule has 0 heterocycles. The topological polar surface area (TPSA) is 66.4 Å². The lowest BCUT2D eigenvalue weighted by molar-refractivity contribution is -0.146. The summed E-state index contributed by atoms with van der Waals surface area (Å²) in [5.74, 6) is -2.31. The van der Waals surface area contributed by atoms with E-state index in [9.17, 15) is 9.59 Å². The van der Waals surface area contributed by atoms with Crippen molar-refractivity contribution in [3.05, 3.63) is 40.9 Å². The van der Waals surface area contributed by atoms with E-state index >= 15 is 0 Å². The average Bonchev–Trinajstić information content (AvgIpc) is 2.38. The van der Waals surface area contributed by atoms with Gasteiger partial charge in [0.2, 0.25) is 5.91 Å². The van der Waals surface area contributed by atoms with Gasteiger partial charge in [0.15, 0.2) is 0 Å². The van der Waals surface area contributed by atoms with Crippen LogP contribution in [-0.4, -0.2) is 17.0 Å². The Morgan fingerprint density at radius 2 is 1.89 bits per heavy atom. The number of carboxylic acid groups (broad SMARTS) is 1. The number of benzene rings is 1. The van der Waals surface area contributed by atoms with Crippen molar-refractivity contribution in [3.8, 4) is 0 Å². The largest absolute Gasteiger partial charge is 0.481 e.